The Bertz CT molecular complexity index is 24.9. The number of hydrogen-bond donors (Lipinski definition) is 3. The Kier molecular flexibility index (Phi) is 5.78. The Morgan fingerprint density at radius 3 is 1.43 bits per heavy atom. The van der Waals surface area contributed by atoms with E-state index < -0.39 is 6.79 Å². The van der Waals surface area contributed by atoms with Crippen molar-refractivity contribution in [2.75, 3.05) is 19.9 Å². The zero-order valence-electron chi connectivity index (χ0n) is 4.22. The third kappa shape index (κ3) is 5.88. The smallest absolute Gasteiger partial charge is 0.140 e. The van der Waals surface area contributed by atoms with E-state index in [0.717, 1.165) is 0 Å². The van der Waals surface area contributed by atoms with Crippen LogP contribution in [-0.2, 0) is 0 Å². The molecule has 0 radical (unpaired) electrons. The van der Waals surface area contributed by atoms with Crippen LogP contribution in [-0.4, -0.2) is 30.1 Å². The molecule has 1 saturated heterocycles. The van der Waals surface area contributed by atoms with Crippen molar-refractivity contribution in [3.05, 3.63) is 0 Å². The van der Waals surface area contributed by atoms with E-state index in [1.54, 1.807) is 0 Å². The van der Waals surface area contributed by atoms with E-state index in [9.17, 15) is 0 Å². The molecule has 0 unspecified atom stereocenters. The first kappa shape index (κ1) is 6.88. The Hall–Kier alpha value is -0.120. The van der Waals surface area contributed by atoms with Gasteiger partial charge in [0.15, 0.2) is 0 Å². The van der Waals surface area contributed by atoms with Crippen LogP contribution >= 0.6 is 0 Å². The highest BCUT2D eigenvalue weighted by Gasteiger charge is 1.92. The van der Waals surface area contributed by atoms with Crippen LogP contribution in [0.25, 0.3) is 0 Å². The molecule has 3 nitrogen and oxygen atoms in total. The molecule has 0 aliphatic carbocycles. The minimum absolute atomic E-state index is 0.750. The Balaban J connectivity index is 0.000000110. The molecular formula is C4H11NO2. The summed E-state index contributed by atoms with van der Waals surface area (Å²) < 4.78 is 0. The van der Waals surface area contributed by atoms with Crippen LogP contribution in [0.5, 0.6) is 0 Å². The molecular weight excluding hydrogens is 94.0 g/mol. The average molecular weight is 105 g/mol. The van der Waals surface area contributed by atoms with Gasteiger partial charge in [0.1, 0.15) is 6.79 Å². The fourth-order valence-electron chi connectivity index (χ4n) is 0.177. The van der Waals surface area contributed by atoms with Crippen molar-refractivity contribution in [2.45, 2.75) is 6.42 Å². The molecule has 3 heteroatoms. The second-order valence-electron chi connectivity index (χ2n) is 1.24. The number of hydrogen-bond acceptors (Lipinski definition) is 3. The van der Waals surface area contributed by atoms with Crippen LogP contribution in [0.4, 0.5) is 0 Å². The van der Waals surface area contributed by atoms with Gasteiger partial charge in [-0.3, -0.25) is 0 Å². The first-order chi connectivity index (χ1) is 3.41. The van der Waals surface area contributed by atoms with Crippen LogP contribution in [0.3, 0.4) is 0 Å². The monoisotopic (exact) mass is 105 g/mol. The normalized spacial score (nSPS) is 16.3. The predicted molar refractivity (Wildman–Crippen MR) is 26.8 cm³/mol. The summed E-state index contributed by atoms with van der Waals surface area (Å²) in [6.07, 6.45) is 1.39. The molecule has 1 aliphatic heterocycles. The van der Waals surface area contributed by atoms with Crippen LogP contribution in [0.1, 0.15) is 6.42 Å². The summed E-state index contributed by atoms with van der Waals surface area (Å²) in [6, 6.07) is 0. The van der Waals surface area contributed by atoms with E-state index in [4.69, 9.17) is 10.2 Å². The summed E-state index contributed by atoms with van der Waals surface area (Å²) in [7, 11) is 0. The fourth-order valence-corrected chi connectivity index (χ4v) is 0.177. The second kappa shape index (κ2) is 5.88. The molecule has 0 saturated carbocycles. The van der Waals surface area contributed by atoms with Crippen molar-refractivity contribution in [3.8, 4) is 0 Å². The SMILES string of the molecule is C1CNC1.OCO. The van der Waals surface area contributed by atoms with Gasteiger partial charge < -0.3 is 15.5 Å². The van der Waals surface area contributed by atoms with Crippen LogP contribution in [0.2, 0.25) is 0 Å². The molecule has 1 rings (SSSR count). The summed E-state index contributed by atoms with van der Waals surface area (Å²) in [5.74, 6) is 0. The molecule has 0 atom stereocenters. The van der Waals surface area contributed by atoms with Crippen molar-refractivity contribution in [1.29, 1.82) is 0 Å². The van der Waals surface area contributed by atoms with Gasteiger partial charge in [-0.05, 0) is 19.5 Å². The third-order valence-electron chi connectivity index (χ3n) is 0.707. The van der Waals surface area contributed by atoms with Crippen LogP contribution < -0.4 is 5.32 Å². The number of aliphatic hydroxyl groups is 2. The number of aliphatic hydroxyl groups excluding tert-OH is 1. The van der Waals surface area contributed by atoms with Gasteiger partial charge in [-0.1, -0.05) is 0 Å². The van der Waals surface area contributed by atoms with Gasteiger partial charge in [0.05, 0.1) is 0 Å². The zero-order valence-corrected chi connectivity index (χ0v) is 4.22. The second-order valence-corrected chi connectivity index (χ2v) is 1.24. The van der Waals surface area contributed by atoms with Gasteiger partial charge in [0.25, 0.3) is 0 Å². The number of nitrogens with one attached hydrogen (secondary N) is 1. The first-order valence-electron chi connectivity index (χ1n) is 2.34. The molecule has 0 aromatic carbocycles. The summed E-state index contributed by atoms with van der Waals surface area (Å²) in [5, 5.41) is 17.4. The maximum atomic E-state index is 7.12. The van der Waals surface area contributed by atoms with Gasteiger partial charge in [0.2, 0.25) is 0 Å². The molecule has 1 fully saturated rings. The van der Waals surface area contributed by atoms with E-state index in [2.05, 4.69) is 5.32 Å². The Labute approximate surface area is 43.0 Å². The molecule has 0 spiro atoms. The lowest BCUT2D eigenvalue weighted by Gasteiger charge is -2.09. The quantitative estimate of drug-likeness (QED) is 0.343. The molecule has 3 N–H and O–H groups in total. The topological polar surface area (TPSA) is 52.5 Å². The Morgan fingerprint density at radius 1 is 1.29 bits per heavy atom. The van der Waals surface area contributed by atoms with Crippen molar-refractivity contribution in [2.24, 2.45) is 0 Å². The van der Waals surface area contributed by atoms with E-state index in [1.165, 1.54) is 19.5 Å². The van der Waals surface area contributed by atoms with Gasteiger partial charge in [-0.15, -0.1) is 0 Å². The minimum Gasteiger partial charge on any atom is -0.371 e. The molecule has 1 aliphatic rings. The maximum absolute atomic E-state index is 7.12. The Morgan fingerprint density at radius 2 is 1.43 bits per heavy atom. The molecule has 0 aromatic rings. The highest BCUT2D eigenvalue weighted by atomic mass is 16.5. The molecule has 0 amide bonds. The van der Waals surface area contributed by atoms with E-state index >= 15 is 0 Å². The standard InChI is InChI=1S/C3H7N.CH4O2/c1-2-4-3-1;2-1-3/h4H,1-3H2;2-3H,1H2. The minimum atomic E-state index is -0.750. The fraction of sp³-hybridized carbons (Fsp3) is 1.00. The van der Waals surface area contributed by atoms with Crippen molar-refractivity contribution >= 4 is 0 Å². The average Bonchev–Trinajstić information content (AvgIpc) is 1.27. The maximum Gasteiger partial charge on any atom is 0.140 e. The predicted octanol–water partition coefficient (Wildman–Crippen LogP) is -1.09. The lowest BCUT2D eigenvalue weighted by molar-refractivity contribution is 0.0773. The van der Waals surface area contributed by atoms with E-state index in [1.807, 2.05) is 0 Å². The van der Waals surface area contributed by atoms with Crippen LogP contribution in [0.15, 0.2) is 0 Å². The van der Waals surface area contributed by atoms with E-state index in [0.29, 0.717) is 0 Å². The van der Waals surface area contributed by atoms with Gasteiger partial charge >= 0.3 is 0 Å². The van der Waals surface area contributed by atoms with Crippen molar-refractivity contribution < 1.29 is 10.2 Å². The lowest BCUT2D eigenvalue weighted by atomic mass is 10.3. The summed E-state index contributed by atoms with van der Waals surface area (Å²) in [4.78, 5) is 0. The summed E-state index contributed by atoms with van der Waals surface area (Å²) in [5.41, 5.74) is 0. The van der Waals surface area contributed by atoms with Gasteiger partial charge in [-0.2, -0.15) is 0 Å². The molecule has 0 aromatic heterocycles. The first-order valence-corrected chi connectivity index (χ1v) is 2.34. The molecule has 1 heterocycles. The molecule has 7 heavy (non-hydrogen) atoms. The van der Waals surface area contributed by atoms with Crippen LogP contribution in [0, 0.1) is 0 Å². The zero-order chi connectivity index (χ0) is 5.54. The molecule has 44 valence electrons. The highest BCUT2D eigenvalue weighted by Crippen LogP contribution is 1.80. The molecule has 0 bridgehead atoms. The lowest BCUT2D eigenvalue weighted by Crippen LogP contribution is -2.29. The number of rotatable bonds is 0. The highest BCUT2D eigenvalue weighted by molar-refractivity contribution is 4.56. The van der Waals surface area contributed by atoms with Crippen molar-refractivity contribution in [3.63, 3.8) is 0 Å². The van der Waals surface area contributed by atoms with E-state index in [-0.39, 0.29) is 0 Å². The summed E-state index contributed by atoms with van der Waals surface area (Å²) in [6.45, 7) is 1.75. The third-order valence-corrected chi connectivity index (χ3v) is 0.707. The van der Waals surface area contributed by atoms with Crippen molar-refractivity contribution in [1.82, 2.24) is 5.32 Å². The van der Waals surface area contributed by atoms with Gasteiger partial charge in [-0.25, -0.2) is 0 Å². The van der Waals surface area contributed by atoms with Gasteiger partial charge in [0, 0.05) is 0 Å². The largest absolute Gasteiger partial charge is 0.371 e. The summed E-state index contributed by atoms with van der Waals surface area (Å²) >= 11 is 0.